The van der Waals surface area contributed by atoms with Crippen LogP contribution in [0, 0.1) is 12.8 Å². The van der Waals surface area contributed by atoms with Crippen LogP contribution < -0.4 is 5.32 Å². The number of benzene rings is 1. The number of aliphatic hydroxyl groups excluding tert-OH is 1. The second kappa shape index (κ2) is 6.82. The third kappa shape index (κ3) is 3.09. The highest BCUT2D eigenvalue weighted by atomic mass is 35.5. The molecule has 0 unspecified atom stereocenters. The van der Waals surface area contributed by atoms with E-state index in [1.807, 2.05) is 19.1 Å². The van der Waals surface area contributed by atoms with Crippen molar-refractivity contribution in [2.45, 2.75) is 37.6 Å². The number of hydrogen-bond acceptors (Lipinski definition) is 4. The van der Waals surface area contributed by atoms with Crippen molar-refractivity contribution < 1.29 is 14.6 Å². The van der Waals surface area contributed by atoms with Crippen molar-refractivity contribution >= 4 is 34.8 Å². The molecule has 2 aromatic rings. The molecule has 5 atom stereocenters. The van der Waals surface area contributed by atoms with E-state index in [0.29, 0.717) is 22.2 Å². The summed E-state index contributed by atoms with van der Waals surface area (Å²) in [5.41, 5.74) is 2.40. The molecule has 5 nitrogen and oxygen atoms in total. The zero-order valence-electron chi connectivity index (χ0n) is 14.0. The number of rotatable bonds is 3. The van der Waals surface area contributed by atoms with E-state index in [-0.39, 0.29) is 30.0 Å². The van der Waals surface area contributed by atoms with Gasteiger partial charge in [-0.1, -0.05) is 23.2 Å². The number of aromatic nitrogens is 1. The van der Waals surface area contributed by atoms with Crippen molar-refractivity contribution in [3.8, 4) is 0 Å². The maximum absolute atomic E-state index is 13.0. The largest absolute Gasteiger partial charge is 0.390 e. The Morgan fingerprint density at radius 1 is 1.27 bits per heavy atom. The summed E-state index contributed by atoms with van der Waals surface area (Å²) in [5, 5.41) is 14.0. The van der Waals surface area contributed by atoms with Crippen LogP contribution in [0.1, 0.15) is 23.6 Å². The lowest BCUT2D eigenvalue weighted by Crippen LogP contribution is -2.41. The minimum atomic E-state index is -0.563. The highest BCUT2D eigenvalue weighted by Crippen LogP contribution is 2.49. The van der Waals surface area contributed by atoms with E-state index in [0.717, 1.165) is 11.3 Å². The third-order valence-corrected chi connectivity index (χ3v) is 5.86. The molecule has 2 N–H and O–H groups in total. The second-order valence-corrected chi connectivity index (χ2v) is 7.66. The summed E-state index contributed by atoms with van der Waals surface area (Å²) in [6.45, 7) is 1.90. The molecule has 3 heterocycles. The molecule has 4 rings (SSSR count). The lowest BCUT2D eigenvalue weighted by Gasteiger charge is -2.30. The van der Waals surface area contributed by atoms with E-state index >= 15 is 0 Å². The lowest BCUT2D eigenvalue weighted by molar-refractivity contribution is -0.121. The lowest BCUT2D eigenvalue weighted by atomic mass is 9.74. The molecule has 0 spiro atoms. The summed E-state index contributed by atoms with van der Waals surface area (Å²) in [4.78, 5) is 17.2. The fourth-order valence-electron chi connectivity index (χ4n) is 4.01. The molecule has 2 bridgehead atoms. The third-order valence-electron chi connectivity index (χ3n) is 5.12. The number of amides is 1. The maximum Gasteiger partial charge on any atom is 0.230 e. The Bertz CT molecular complexity index is 860. The van der Waals surface area contributed by atoms with Crippen LogP contribution in [0.3, 0.4) is 0 Å². The SMILES string of the molecule is Cc1cc([C@@H]2[C@@H]3O[C@@H](C[C@H]3O)[C@H]2C(=O)Nc2ccc(Cl)c(Cl)c2)ccn1. The van der Waals surface area contributed by atoms with Crippen molar-refractivity contribution in [1.82, 2.24) is 4.98 Å². The van der Waals surface area contributed by atoms with E-state index < -0.39 is 6.10 Å². The standard InChI is InChI=1S/C19H18Cl2N2O3/c1-9-6-10(4-5-22-9)16-17(15-8-14(24)18(16)26-15)19(25)23-11-2-3-12(20)13(21)7-11/h2-7,14-18,24H,8H2,1H3,(H,23,25)/t14-,15+,16+,17-,18-/m1/s1. The van der Waals surface area contributed by atoms with Crippen LogP contribution in [-0.4, -0.2) is 34.3 Å². The number of hydrogen-bond donors (Lipinski definition) is 2. The van der Waals surface area contributed by atoms with E-state index in [1.54, 1.807) is 24.4 Å². The van der Waals surface area contributed by atoms with E-state index in [2.05, 4.69) is 10.3 Å². The minimum Gasteiger partial charge on any atom is -0.390 e. The number of carbonyl (C=O) groups excluding carboxylic acids is 1. The van der Waals surface area contributed by atoms with Gasteiger partial charge in [0, 0.05) is 29.9 Å². The van der Waals surface area contributed by atoms with Crippen molar-refractivity contribution in [2.75, 3.05) is 5.32 Å². The van der Waals surface area contributed by atoms with E-state index in [1.165, 1.54) is 0 Å². The molecule has 1 aromatic heterocycles. The Balaban J connectivity index is 1.62. The van der Waals surface area contributed by atoms with Gasteiger partial charge < -0.3 is 15.2 Å². The quantitative estimate of drug-likeness (QED) is 0.837. The molecule has 1 amide bonds. The summed E-state index contributed by atoms with van der Waals surface area (Å²) < 4.78 is 5.93. The van der Waals surface area contributed by atoms with Crippen LogP contribution in [0.25, 0.3) is 0 Å². The van der Waals surface area contributed by atoms with Gasteiger partial charge in [0.25, 0.3) is 0 Å². The number of halogens is 2. The van der Waals surface area contributed by atoms with Crippen molar-refractivity contribution in [1.29, 1.82) is 0 Å². The zero-order chi connectivity index (χ0) is 18.4. The first-order chi connectivity index (χ1) is 12.4. The molecule has 7 heteroatoms. The molecular weight excluding hydrogens is 375 g/mol. The van der Waals surface area contributed by atoms with Gasteiger partial charge in [-0.2, -0.15) is 0 Å². The van der Waals surface area contributed by atoms with Gasteiger partial charge in [-0.15, -0.1) is 0 Å². The number of nitrogens with zero attached hydrogens (tertiary/aromatic N) is 1. The molecule has 2 fully saturated rings. The fourth-order valence-corrected chi connectivity index (χ4v) is 4.31. The number of aryl methyl sites for hydroxylation is 1. The molecule has 0 radical (unpaired) electrons. The highest BCUT2D eigenvalue weighted by Gasteiger charge is 2.56. The molecule has 2 aliphatic heterocycles. The van der Waals surface area contributed by atoms with Gasteiger partial charge in [0.1, 0.15) is 0 Å². The molecule has 2 aliphatic rings. The second-order valence-electron chi connectivity index (χ2n) is 6.84. The van der Waals surface area contributed by atoms with Gasteiger partial charge in [0.2, 0.25) is 5.91 Å². The molecular formula is C19H18Cl2N2O3. The molecule has 1 aromatic carbocycles. The fraction of sp³-hybridized carbons (Fsp3) is 0.368. The predicted molar refractivity (Wildman–Crippen MR) is 99.6 cm³/mol. The zero-order valence-corrected chi connectivity index (χ0v) is 15.5. The minimum absolute atomic E-state index is 0.151. The summed E-state index contributed by atoms with van der Waals surface area (Å²) in [6.07, 6.45) is 0.928. The first kappa shape index (κ1) is 17.7. The topological polar surface area (TPSA) is 71.5 Å². The van der Waals surface area contributed by atoms with Gasteiger partial charge >= 0.3 is 0 Å². The average Bonchev–Trinajstić information content (AvgIpc) is 3.15. The Labute approximate surface area is 161 Å². The number of aliphatic hydroxyl groups is 1. The smallest absolute Gasteiger partial charge is 0.230 e. The maximum atomic E-state index is 13.0. The number of nitrogens with one attached hydrogen (secondary N) is 1. The number of pyridine rings is 1. The van der Waals surface area contributed by atoms with Gasteiger partial charge in [0.15, 0.2) is 0 Å². The summed E-state index contributed by atoms with van der Waals surface area (Å²) in [7, 11) is 0. The molecule has 0 saturated carbocycles. The van der Waals surface area contributed by atoms with Gasteiger partial charge in [0.05, 0.1) is 34.3 Å². The van der Waals surface area contributed by atoms with Crippen LogP contribution in [0.4, 0.5) is 5.69 Å². The molecule has 136 valence electrons. The van der Waals surface area contributed by atoms with Gasteiger partial charge in [-0.25, -0.2) is 0 Å². The summed E-state index contributed by atoms with van der Waals surface area (Å²) in [5.74, 6) is -0.755. The Morgan fingerprint density at radius 2 is 2.08 bits per heavy atom. The van der Waals surface area contributed by atoms with E-state index in [9.17, 15) is 9.90 Å². The Kier molecular flexibility index (Phi) is 4.65. The monoisotopic (exact) mass is 392 g/mol. The molecule has 0 aliphatic carbocycles. The summed E-state index contributed by atoms with van der Waals surface area (Å²) in [6, 6.07) is 8.80. The number of anilines is 1. The Morgan fingerprint density at radius 3 is 2.81 bits per heavy atom. The normalized spacial score (nSPS) is 29.8. The predicted octanol–water partition coefficient (Wildman–Crippen LogP) is 3.57. The first-order valence-electron chi connectivity index (χ1n) is 8.46. The average molecular weight is 393 g/mol. The van der Waals surface area contributed by atoms with E-state index in [4.69, 9.17) is 27.9 Å². The van der Waals surface area contributed by atoms with Crippen LogP contribution in [-0.2, 0) is 9.53 Å². The Hall–Kier alpha value is -1.66. The number of fused-ring (bicyclic) bond motifs is 2. The van der Waals surface area contributed by atoms with Crippen molar-refractivity contribution in [3.63, 3.8) is 0 Å². The number of ether oxygens (including phenoxy) is 1. The van der Waals surface area contributed by atoms with Gasteiger partial charge in [-0.05, 0) is 42.8 Å². The van der Waals surface area contributed by atoms with Crippen molar-refractivity contribution in [3.05, 3.63) is 57.8 Å². The van der Waals surface area contributed by atoms with Crippen LogP contribution in [0.5, 0.6) is 0 Å². The van der Waals surface area contributed by atoms with Gasteiger partial charge in [-0.3, -0.25) is 9.78 Å². The summed E-state index contributed by atoms with van der Waals surface area (Å²) >= 11 is 12.0. The highest BCUT2D eigenvalue weighted by molar-refractivity contribution is 6.42. The van der Waals surface area contributed by atoms with Crippen LogP contribution >= 0.6 is 23.2 Å². The first-order valence-corrected chi connectivity index (χ1v) is 9.21. The number of carbonyl (C=O) groups is 1. The molecule has 2 saturated heterocycles. The van der Waals surface area contributed by atoms with Crippen molar-refractivity contribution in [2.24, 2.45) is 5.92 Å². The van der Waals surface area contributed by atoms with Crippen LogP contribution in [0.15, 0.2) is 36.5 Å². The molecule has 26 heavy (non-hydrogen) atoms. The van der Waals surface area contributed by atoms with Crippen LogP contribution in [0.2, 0.25) is 10.0 Å².